The number of nitrogens with one attached hydrogen (secondary N) is 1. The zero-order chi connectivity index (χ0) is 9.72. The molecule has 0 aromatic rings. The summed E-state index contributed by atoms with van der Waals surface area (Å²) in [6.07, 6.45) is 0. The third kappa shape index (κ3) is 4.07. The number of rotatable bonds is 5. The Bertz CT molecular complexity index is 112. The van der Waals surface area contributed by atoms with Gasteiger partial charge in [0.2, 0.25) is 0 Å². The Balaban J connectivity index is 3.85. The summed E-state index contributed by atoms with van der Waals surface area (Å²) in [5, 5.41) is 12.5. The van der Waals surface area contributed by atoms with Gasteiger partial charge >= 0.3 is 0 Å². The topological polar surface area (TPSA) is 32.3 Å². The Kier molecular flexibility index (Phi) is 5.51. The van der Waals surface area contributed by atoms with Crippen LogP contribution in [0.4, 0.5) is 0 Å². The van der Waals surface area contributed by atoms with E-state index < -0.39 is 0 Å². The van der Waals surface area contributed by atoms with Crippen molar-refractivity contribution >= 4 is 0 Å². The van der Waals surface area contributed by atoms with Crippen LogP contribution in [0.3, 0.4) is 0 Å². The molecule has 0 spiro atoms. The van der Waals surface area contributed by atoms with Gasteiger partial charge < -0.3 is 10.4 Å². The normalized spacial score (nSPS) is 17.0. The largest absolute Gasteiger partial charge is 0.395 e. The van der Waals surface area contributed by atoms with Crippen molar-refractivity contribution in [3.05, 3.63) is 0 Å². The van der Waals surface area contributed by atoms with Crippen LogP contribution in [0.15, 0.2) is 0 Å². The molecule has 0 fully saturated rings. The van der Waals surface area contributed by atoms with Gasteiger partial charge in [0.15, 0.2) is 0 Å². The van der Waals surface area contributed by atoms with Crippen LogP contribution in [0.1, 0.15) is 34.6 Å². The third-order valence-corrected chi connectivity index (χ3v) is 2.48. The van der Waals surface area contributed by atoms with Crippen LogP contribution in [0.5, 0.6) is 0 Å². The fourth-order valence-corrected chi connectivity index (χ4v) is 0.986. The highest BCUT2D eigenvalue weighted by Crippen LogP contribution is 2.06. The lowest BCUT2D eigenvalue weighted by molar-refractivity contribution is 0.192. The maximum absolute atomic E-state index is 9.06. The summed E-state index contributed by atoms with van der Waals surface area (Å²) in [5.41, 5.74) is 0. The molecule has 0 saturated heterocycles. The zero-order valence-electron chi connectivity index (χ0n) is 8.96. The first-order chi connectivity index (χ1) is 5.49. The van der Waals surface area contributed by atoms with Gasteiger partial charge in [-0.2, -0.15) is 0 Å². The van der Waals surface area contributed by atoms with E-state index in [1.54, 1.807) is 0 Å². The maximum atomic E-state index is 9.06. The van der Waals surface area contributed by atoms with Crippen LogP contribution < -0.4 is 5.32 Å². The Labute approximate surface area is 76.4 Å². The molecule has 0 radical (unpaired) electrons. The molecule has 2 atom stereocenters. The Morgan fingerprint density at radius 1 is 1.00 bits per heavy atom. The first-order valence-corrected chi connectivity index (χ1v) is 4.86. The molecule has 2 unspecified atom stereocenters. The van der Waals surface area contributed by atoms with E-state index in [0.29, 0.717) is 17.9 Å². The number of aliphatic hydroxyl groups is 1. The molecule has 0 aromatic carbocycles. The van der Waals surface area contributed by atoms with Crippen molar-refractivity contribution in [3.63, 3.8) is 0 Å². The fraction of sp³-hybridized carbons (Fsp3) is 1.00. The SMILES string of the molecule is CC(C)C(C)NC(CO)C(C)C. The smallest absolute Gasteiger partial charge is 0.0587 e. The summed E-state index contributed by atoms with van der Waals surface area (Å²) in [7, 11) is 0. The second kappa shape index (κ2) is 5.55. The zero-order valence-corrected chi connectivity index (χ0v) is 8.96. The Morgan fingerprint density at radius 3 is 1.75 bits per heavy atom. The number of hydrogen-bond acceptors (Lipinski definition) is 2. The van der Waals surface area contributed by atoms with Gasteiger partial charge in [-0.3, -0.25) is 0 Å². The van der Waals surface area contributed by atoms with E-state index in [2.05, 4.69) is 39.9 Å². The van der Waals surface area contributed by atoms with Crippen LogP contribution in [0, 0.1) is 11.8 Å². The summed E-state index contributed by atoms with van der Waals surface area (Å²) < 4.78 is 0. The Morgan fingerprint density at radius 2 is 1.50 bits per heavy atom. The number of aliphatic hydroxyl groups excluding tert-OH is 1. The third-order valence-electron chi connectivity index (χ3n) is 2.48. The molecular formula is C10H23NO. The highest BCUT2D eigenvalue weighted by atomic mass is 16.3. The van der Waals surface area contributed by atoms with Crippen molar-refractivity contribution in [1.29, 1.82) is 0 Å². The standard InChI is InChI=1S/C10H23NO/c1-7(2)9(5)11-10(6-12)8(3)4/h7-12H,6H2,1-5H3. The molecule has 12 heavy (non-hydrogen) atoms. The molecule has 2 nitrogen and oxygen atoms in total. The fourth-order valence-electron chi connectivity index (χ4n) is 0.986. The molecule has 0 aliphatic heterocycles. The van der Waals surface area contributed by atoms with E-state index in [1.807, 2.05) is 0 Å². The van der Waals surface area contributed by atoms with E-state index in [1.165, 1.54) is 0 Å². The van der Waals surface area contributed by atoms with Crippen LogP contribution >= 0.6 is 0 Å². The second-order valence-corrected chi connectivity index (χ2v) is 4.23. The van der Waals surface area contributed by atoms with E-state index >= 15 is 0 Å². The average Bonchev–Trinajstić information content (AvgIpc) is 1.98. The average molecular weight is 173 g/mol. The minimum atomic E-state index is 0.231. The molecule has 74 valence electrons. The highest BCUT2D eigenvalue weighted by Gasteiger charge is 2.16. The van der Waals surface area contributed by atoms with E-state index in [9.17, 15) is 0 Å². The van der Waals surface area contributed by atoms with Gasteiger partial charge in [-0.15, -0.1) is 0 Å². The van der Waals surface area contributed by atoms with Gasteiger partial charge in [0.1, 0.15) is 0 Å². The summed E-state index contributed by atoms with van der Waals surface area (Å²) in [6.45, 7) is 11.0. The molecule has 0 aliphatic carbocycles. The van der Waals surface area contributed by atoms with Crippen molar-refractivity contribution in [2.24, 2.45) is 11.8 Å². The summed E-state index contributed by atoms with van der Waals surface area (Å²) in [4.78, 5) is 0. The lowest BCUT2D eigenvalue weighted by atomic mass is 10.0. The summed E-state index contributed by atoms with van der Waals surface area (Å²) in [6, 6.07) is 0.715. The van der Waals surface area contributed by atoms with Gasteiger partial charge in [-0.05, 0) is 18.8 Å². The van der Waals surface area contributed by atoms with E-state index in [0.717, 1.165) is 0 Å². The van der Waals surface area contributed by atoms with Crippen LogP contribution in [0.25, 0.3) is 0 Å². The monoisotopic (exact) mass is 173 g/mol. The van der Waals surface area contributed by atoms with Crippen LogP contribution in [-0.2, 0) is 0 Å². The molecule has 0 heterocycles. The Hall–Kier alpha value is -0.0800. The molecule has 0 rings (SSSR count). The lowest BCUT2D eigenvalue weighted by Gasteiger charge is -2.26. The van der Waals surface area contributed by atoms with Crippen molar-refractivity contribution in [2.45, 2.75) is 46.7 Å². The van der Waals surface area contributed by atoms with Gasteiger partial charge in [0.25, 0.3) is 0 Å². The summed E-state index contributed by atoms with van der Waals surface area (Å²) in [5.74, 6) is 1.12. The van der Waals surface area contributed by atoms with Gasteiger partial charge in [-0.25, -0.2) is 0 Å². The maximum Gasteiger partial charge on any atom is 0.0587 e. The van der Waals surface area contributed by atoms with Crippen molar-refractivity contribution < 1.29 is 5.11 Å². The molecule has 2 heteroatoms. The molecule has 0 aromatic heterocycles. The van der Waals surface area contributed by atoms with Gasteiger partial charge in [0, 0.05) is 12.1 Å². The van der Waals surface area contributed by atoms with Gasteiger partial charge in [-0.1, -0.05) is 27.7 Å². The quantitative estimate of drug-likeness (QED) is 0.662. The van der Waals surface area contributed by atoms with Crippen molar-refractivity contribution in [1.82, 2.24) is 5.32 Å². The van der Waals surface area contributed by atoms with E-state index in [4.69, 9.17) is 5.11 Å². The van der Waals surface area contributed by atoms with Crippen LogP contribution in [-0.4, -0.2) is 23.8 Å². The van der Waals surface area contributed by atoms with E-state index in [-0.39, 0.29) is 12.6 Å². The first-order valence-electron chi connectivity index (χ1n) is 4.86. The molecule has 2 N–H and O–H groups in total. The molecule has 0 aliphatic rings. The predicted molar refractivity (Wildman–Crippen MR) is 53.1 cm³/mol. The van der Waals surface area contributed by atoms with Crippen molar-refractivity contribution in [2.75, 3.05) is 6.61 Å². The van der Waals surface area contributed by atoms with Crippen LogP contribution in [0.2, 0.25) is 0 Å². The number of hydrogen-bond donors (Lipinski definition) is 2. The second-order valence-electron chi connectivity index (χ2n) is 4.23. The molecule has 0 saturated carbocycles. The minimum absolute atomic E-state index is 0.231. The van der Waals surface area contributed by atoms with Crippen molar-refractivity contribution in [3.8, 4) is 0 Å². The highest BCUT2D eigenvalue weighted by molar-refractivity contribution is 4.74. The first kappa shape index (κ1) is 11.9. The minimum Gasteiger partial charge on any atom is -0.395 e. The predicted octanol–water partition coefficient (Wildman–Crippen LogP) is 1.64. The summed E-state index contributed by atoms with van der Waals surface area (Å²) >= 11 is 0. The molecular weight excluding hydrogens is 150 g/mol. The molecule has 0 amide bonds. The van der Waals surface area contributed by atoms with Gasteiger partial charge in [0.05, 0.1) is 6.61 Å². The molecule has 0 bridgehead atoms. The lowest BCUT2D eigenvalue weighted by Crippen LogP contribution is -2.44.